The van der Waals surface area contributed by atoms with Crippen molar-refractivity contribution in [3.05, 3.63) is 64.4 Å². The molecule has 1 atom stereocenters. The van der Waals surface area contributed by atoms with E-state index in [4.69, 9.17) is 0 Å². The molecule has 4 nitrogen and oxygen atoms in total. The van der Waals surface area contributed by atoms with Gasteiger partial charge in [0.05, 0.1) is 0 Å². The van der Waals surface area contributed by atoms with Gasteiger partial charge < -0.3 is 10.2 Å². The zero-order valence-corrected chi connectivity index (χ0v) is 14.9. The van der Waals surface area contributed by atoms with Crippen LogP contribution < -0.4 is 5.32 Å². The first kappa shape index (κ1) is 17.4. The van der Waals surface area contributed by atoms with Crippen molar-refractivity contribution in [1.29, 1.82) is 0 Å². The number of carbonyl (C=O) groups excluding carboxylic acids is 2. The normalized spacial score (nSPS) is 15.4. The Bertz CT molecular complexity index is 719. The van der Waals surface area contributed by atoms with Gasteiger partial charge in [-0.25, -0.2) is 0 Å². The molecule has 0 spiro atoms. The number of likely N-dealkylation sites (tertiary alicyclic amines) is 1. The molecule has 1 unspecified atom stereocenters. The molecule has 25 heavy (non-hydrogen) atoms. The molecule has 5 heteroatoms. The minimum absolute atomic E-state index is 0.0126. The van der Waals surface area contributed by atoms with E-state index in [1.807, 2.05) is 52.1 Å². The summed E-state index contributed by atoms with van der Waals surface area (Å²) in [4.78, 5) is 27.0. The van der Waals surface area contributed by atoms with E-state index < -0.39 is 6.04 Å². The molecule has 0 radical (unpaired) electrons. The fourth-order valence-electron chi connectivity index (χ4n) is 2.97. The summed E-state index contributed by atoms with van der Waals surface area (Å²) in [6, 6.07) is 11.2. The SMILES string of the molecule is O=C(C=Cc1ccsc1)NC(Cc1ccccc1)C(=O)N1CCCC1. The van der Waals surface area contributed by atoms with Crippen LogP contribution in [0, 0.1) is 0 Å². The van der Waals surface area contributed by atoms with Crippen molar-refractivity contribution in [2.75, 3.05) is 13.1 Å². The highest BCUT2D eigenvalue weighted by atomic mass is 32.1. The van der Waals surface area contributed by atoms with Crippen LogP contribution in [0.4, 0.5) is 0 Å². The summed E-state index contributed by atoms with van der Waals surface area (Å²) in [6.45, 7) is 1.56. The molecule has 1 aromatic carbocycles. The molecule has 0 aliphatic carbocycles. The van der Waals surface area contributed by atoms with Gasteiger partial charge in [-0.3, -0.25) is 9.59 Å². The van der Waals surface area contributed by atoms with Crippen LogP contribution in [-0.4, -0.2) is 35.8 Å². The molecule has 1 N–H and O–H groups in total. The lowest BCUT2D eigenvalue weighted by molar-refractivity contribution is -0.134. The van der Waals surface area contributed by atoms with Gasteiger partial charge in [0.25, 0.3) is 0 Å². The summed E-state index contributed by atoms with van der Waals surface area (Å²) in [5, 5.41) is 6.83. The molecular weight excluding hydrogens is 332 g/mol. The quantitative estimate of drug-likeness (QED) is 0.811. The van der Waals surface area contributed by atoms with Crippen LogP contribution in [0.5, 0.6) is 0 Å². The van der Waals surface area contributed by atoms with Crippen molar-refractivity contribution >= 4 is 29.2 Å². The minimum Gasteiger partial charge on any atom is -0.341 e. The van der Waals surface area contributed by atoms with E-state index in [1.54, 1.807) is 17.4 Å². The lowest BCUT2D eigenvalue weighted by Crippen LogP contribution is -2.48. The average molecular weight is 354 g/mol. The second-order valence-corrected chi connectivity index (χ2v) is 6.95. The smallest absolute Gasteiger partial charge is 0.245 e. The number of hydrogen-bond donors (Lipinski definition) is 1. The third-order valence-corrected chi connectivity index (χ3v) is 4.99. The Hall–Kier alpha value is -2.40. The van der Waals surface area contributed by atoms with Gasteiger partial charge in [0.15, 0.2) is 0 Å². The average Bonchev–Trinajstić information content (AvgIpc) is 3.33. The molecule has 1 aromatic heterocycles. The van der Waals surface area contributed by atoms with Gasteiger partial charge in [0.1, 0.15) is 6.04 Å². The Balaban J connectivity index is 1.68. The van der Waals surface area contributed by atoms with E-state index in [9.17, 15) is 9.59 Å². The summed E-state index contributed by atoms with van der Waals surface area (Å²) < 4.78 is 0. The molecular formula is C20H22N2O2S. The molecule has 0 bridgehead atoms. The summed E-state index contributed by atoms with van der Waals surface area (Å²) >= 11 is 1.58. The van der Waals surface area contributed by atoms with Gasteiger partial charge in [-0.1, -0.05) is 30.3 Å². The minimum atomic E-state index is -0.528. The zero-order valence-electron chi connectivity index (χ0n) is 14.1. The molecule has 1 aliphatic heterocycles. The third kappa shape index (κ3) is 5.03. The molecule has 1 fully saturated rings. The van der Waals surface area contributed by atoms with Crippen LogP contribution in [0.25, 0.3) is 6.08 Å². The molecule has 2 aromatic rings. The van der Waals surface area contributed by atoms with Crippen LogP contribution >= 0.6 is 11.3 Å². The third-order valence-electron chi connectivity index (χ3n) is 4.29. The van der Waals surface area contributed by atoms with Gasteiger partial charge in [-0.15, -0.1) is 0 Å². The first-order valence-corrected chi connectivity index (χ1v) is 9.50. The van der Waals surface area contributed by atoms with Crippen LogP contribution in [-0.2, 0) is 16.0 Å². The second kappa shape index (κ2) is 8.62. The first-order chi connectivity index (χ1) is 12.2. The van der Waals surface area contributed by atoms with Crippen molar-refractivity contribution in [3.63, 3.8) is 0 Å². The van der Waals surface area contributed by atoms with Crippen molar-refractivity contribution in [2.45, 2.75) is 25.3 Å². The highest BCUT2D eigenvalue weighted by molar-refractivity contribution is 7.08. The summed E-state index contributed by atoms with van der Waals surface area (Å²) in [5.74, 6) is -0.224. The predicted octanol–water partition coefficient (Wildman–Crippen LogP) is 3.11. The molecule has 2 amide bonds. The molecule has 1 saturated heterocycles. The monoisotopic (exact) mass is 354 g/mol. The fraction of sp³-hybridized carbons (Fsp3) is 0.300. The van der Waals surface area contributed by atoms with Gasteiger partial charge in [0, 0.05) is 25.6 Å². The van der Waals surface area contributed by atoms with Crippen LogP contribution in [0.15, 0.2) is 53.2 Å². The molecule has 130 valence electrons. The van der Waals surface area contributed by atoms with Gasteiger partial charge in [-0.2, -0.15) is 11.3 Å². The lowest BCUT2D eigenvalue weighted by Gasteiger charge is -2.23. The highest BCUT2D eigenvalue weighted by Crippen LogP contribution is 2.13. The van der Waals surface area contributed by atoms with Gasteiger partial charge >= 0.3 is 0 Å². The Morgan fingerprint density at radius 3 is 2.60 bits per heavy atom. The maximum atomic E-state index is 12.8. The van der Waals surface area contributed by atoms with Gasteiger partial charge in [0.2, 0.25) is 11.8 Å². The topological polar surface area (TPSA) is 49.4 Å². The van der Waals surface area contributed by atoms with Crippen molar-refractivity contribution < 1.29 is 9.59 Å². The van der Waals surface area contributed by atoms with E-state index >= 15 is 0 Å². The number of hydrogen-bond acceptors (Lipinski definition) is 3. The van der Waals surface area contributed by atoms with E-state index in [0.717, 1.165) is 37.1 Å². The number of nitrogens with zero attached hydrogens (tertiary/aromatic N) is 1. The first-order valence-electron chi connectivity index (χ1n) is 8.56. The van der Waals surface area contributed by atoms with E-state index in [0.29, 0.717) is 6.42 Å². The Morgan fingerprint density at radius 2 is 1.92 bits per heavy atom. The lowest BCUT2D eigenvalue weighted by atomic mass is 10.0. The number of nitrogens with one attached hydrogen (secondary N) is 1. The largest absolute Gasteiger partial charge is 0.341 e. The summed E-state index contributed by atoms with van der Waals surface area (Å²) in [6.07, 6.45) is 5.85. The second-order valence-electron chi connectivity index (χ2n) is 6.17. The number of rotatable bonds is 6. The fourth-order valence-corrected chi connectivity index (χ4v) is 3.60. The van der Waals surface area contributed by atoms with Crippen molar-refractivity contribution in [1.82, 2.24) is 10.2 Å². The van der Waals surface area contributed by atoms with Crippen LogP contribution in [0.1, 0.15) is 24.0 Å². The Labute approximate surface area is 152 Å². The Kier molecular flexibility index (Phi) is 6.01. The number of amides is 2. The number of benzene rings is 1. The molecule has 2 heterocycles. The summed E-state index contributed by atoms with van der Waals surface area (Å²) in [7, 11) is 0. The van der Waals surface area contributed by atoms with Crippen LogP contribution in [0.2, 0.25) is 0 Å². The van der Waals surface area contributed by atoms with Crippen LogP contribution in [0.3, 0.4) is 0 Å². The standard InChI is InChI=1S/C20H22N2O2S/c23-19(9-8-17-10-13-25-15-17)21-18(14-16-6-2-1-3-7-16)20(24)22-11-4-5-12-22/h1-3,6-10,13,15,18H,4-5,11-12,14H2,(H,21,23). The molecule has 0 saturated carbocycles. The number of thiophene rings is 1. The number of carbonyl (C=O) groups is 2. The summed E-state index contributed by atoms with van der Waals surface area (Å²) in [5.41, 5.74) is 2.03. The maximum absolute atomic E-state index is 12.8. The van der Waals surface area contributed by atoms with Crippen molar-refractivity contribution in [3.8, 4) is 0 Å². The predicted molar refractivity (Wildman–Crippen MR) is 101 cm³/mol. The zero-order chi connectivity index (χ0) is 17.5. The highest BCUT2D eigenvalue weighted by Gasteiger charge is 2.27. The van der Waals surface area contributed by atoms with E-state index in [-0.39, 0.29) is 11.8 Å². The maximum Gasteiger partial charge on any atom is 0.245 e. The molecule has 1 aliphatic rings. The Morgan fingerprint density at radius 1 is 1.16 bits per heavy atom. The molecule has 3 rings (SSSR count). The van der Waals surface area contributed by atoms with E-state index in [2.05, 4.69) is 5.32 Å². The van der Waals surface area contributed by atoms with E-state index in [1.165, 1.54) is 6.08 Å². The van der Waals surface area contributed by atoms with Crippen molar-refractivity contribution in [2.24, 2.45) is 0 Å². The van der Waals surface area contributed by atoms with Gasteiger partial charge in [-0.05, 0) is 46.9 Å².